The first-order valence-electron chi connectivity index (χ1n) is 12.0. The molecule has 36 heavy (non-hydrogen) atoms. The van der Waals surface area contributed by atoms with Gasteiger partial charge in [0, 0.05) is 36.9 Å². The van der Waals surface area contributed by atoms with E-state index in [4.69, 9.17) is 11.6 Å². The predicted molar refractivity (Wildman–Crippen MR) is 147 cm³/mol. The van der Waals surface area contributed by atoms with Crippen LogP contribution in [-0.4, -0.2) is 51.9 Å². The van der Waals surface area contributed by atoms with Gasteiger partial charge in [0.2, 0.25) is 5.91 Å². The molecule has 0 saturated carbocycles. The molecule has 1 fully saturated rings. The summed E-state index contributed by atoms with van der Waals surface area (Å²) in [5.41, 5.74) is 5.53. The van der Waals surface area contributed by atoms with Gasteiger partial charge in [-0.25, -0.2) is 8.42 Å². The fraction of sp³-hybridized carbons (Fsp3) is 0.321. The Labute approximate surface area is 219 Å². The molecule has 0 aliphatic carbocycles. The van der Waals surface area contributed by atoms with Gasteiger partial charge in [-0.15, -0.1) is 0 Å². The highest BCUT2D eigenvalue weighted by atomic mass is 35.5. The molecule has 0 aromatic heterocycles. The number of benzene rings is 3. The molecule has 1 aliphatic heterocycles. The molecule has 0 N–H and O–H groups in total. The van der Waals surface area contributed by atoms with Gasteiger partial charge in [-0.3, -0.25) is 9.10 Å². The van der Waals surface area contributed by atoms with Gasteiger partial charge >= 0.3 is 0 Å². The smallest absolute Gasteiger partial charge is 0.264 e. The first kappa shape index (κ1) is 26.0. The molecule has 1 heterocycles. The molecule has 6 nitrogen and oxygen atoms in total. The van der Waals surface area contributed by atoms with Gasteiger partial charge in [-0.1, -0.05) is 41.4 Å². The van der Waals surface area contributed by atoms with Crippen LogP contribution in [0, 0.1) is 27.7 Å². The normalized spacial score (nSPS) is 14.1. The molecule has 0 spiro atoms. The van der Waals surface area contributed by atoms with Crippen molar-refractivity contribution < 1.29 is 13.2 Å². The van der Waals surface area contributed by atoms with Crippen LogP contribution in [0.1, 0.15) is 22.3 Å². The number of anilines is 2. The highest BCUT2D eigenvalue weighted by Gasteiger charge is 2.30. The topological polar surface area (TPSA) is 60.9 Å². The number of halogens is 1. The largest absolute Gasteiger partial charge is 0.368 e. The lowest BCUT2D eigenvalue weighted by molar-refractivity contribution is -0.129. The molecule has 0 unspecified atom stereocenters. The Morgan fingerprint density at radius 2 is 1.44 bits per heavy atom. The third kappa shape index (κ3) is 5.68. The number of sulfonamides is 1. The van der Waals surface area contributed by atoms with E-state index in [-0.39, 0.29) is 17.3 Å². The second-order valence-corrected chi connectivity index (χ2v) is 11.8. The van der Waals surface area contributed by atoms with Crippen molar-refractivity contribution in [2.45, 2.75) is 32.6 Å². The Bertz CT molecular complexity index is 1350. The zero-order chi connectivity index (χ0) is 26.0. The second-order valence-electron chi connectivity index (χ2n) is 9.47. The van der Waals surface area contributed by atoms with Crippen molar-refractivity contribution >= 4 is 38.9 Å². The van der Waals surface area contributed by atoms with Gasteiger partial charge in [-0.05, 0) is 80.8 Å². The van der Waals surface area contributed by atoms with Crippen LogP contribution in [0.25, 0.3) is 0 Å². The summed E-state index contributed by atoms with van der Waals surface area (Å²) >= 11 is 6.20. The average Bonchev–Trinajstić information content (AvgIpc) is 2.83. The predicted octanol–water partition coefficient (Wildman–Crippen LogP) is 5.12. The highest BCUT2D eigenvalue weighted by Crippen LogP contribution is 2.28. The van der Waals surface area contributed by atoms with Gasteiger partial charge in [0.1, 0.15) is 6.54 Å². The summed E-state index contributed by atoms with van der Waals surface area (Å²) in [6.07, 6.45) is 0. The van der Waals surface area contributed by atoms with Gasteiger partial charge in [0.05, 0.1) is 10.6 Å². The molecule has 1 saturated heterocycles. The second kappa shape index (κ2) is 10.5. The summed E-state index contributed by atoms with van der Waals surface area (Å²) in [4.78, 5) is 17.6. The summed E-state index contributed by atoms with van der Waals surface area (Å²) < 4.78 is 28.7. The fourth-order valence-electron chi connectivity index (χ4n) is 4.59. The third-order valence-corrected chi connectivity index (χ3v) is 8.55. The molecule has 3 aromatic rings. The van der Waals surface area contributed by atoms with Crippen LogP contribution in [0.3, 0.4) is 0 Å². The van der Waals surface area contributed by atoms with Crippen LogP contribution in [-0.2, 0) is 14.8 Å². The summed E-state index contributed by atoms with van der Waals surface area (Å²) in [6.45, 7) is 9.87. The number of aryl methyl sites for hydroxylation is 4. The molecule has 0 radical (unpaired) electrons. The van der Waals surface area contributed by atoms with Crippen LogP contribution in [0.2, 0.25) is 5.02 Å². The van der Waals surface area contributed by atoms with Gasteiger partial charge < -0.3 is 9.80 Å². The lowest BCUT2D eigenvalue weighted by atomic mass is 10.1. The Morgan fingerprint density at radius 1 is 0.833 bits per heavy atom. The molecule has 1 aliphatic rings. The molecule has 0 atom stereocenters. The van der Waals surface area contributed by atoms with Gasteiger partial charge in [0.25, 0.3) is 10.0 Å². The number of rotatable bonds is 6. The van der Waals surface area contributed by atoms with Crippen molar-refractivity contribution in [3.05, 3.63) is 87.9 Å². The van der Waals surface area contributed by atoms with E-state index >= 15 is 0 Å². The van der Waals surface area contributed by atoms with Crippen molar-refractivity contribution in [1.29, 1.82) is 0 Å². The lowest BCUT2D eigenvalue weighted by Gasteiger charge is -2.37. The van der Waals surface area contributed by atoms with E-state index in [1.54, 1.807) is 29.2 Å². The lowest BCUT2D eigenvalue weighted by Crippen LogP contribution is -2.52. The van der Waals surface area contributed by atoms with E-state index < -0.39 is 10.0 Å². The monoisotopic (exact) mass is 525 g/mol. The first-order valence-corrected chi connectivity index (χ1v) is 13.8. The summed E-state index contributed by atoms with van der Waals surface area (Å²) in [7, 11) is -3.94. The summed E-state index contributed by atoms with van der Waals surface area (Å²) in [6, 6.07) is 18.1. The number of piperazine rings is 1. The molecule has 3 aromatic carbocycles. The summed E-state index contributed by atoms with van der Waals surface area (Å²) in [5, 5.41) is 0.680. The van der Waals surface area contributed by atoms with Crippen molar-refractivity contribution in [3.8, 4) is 0 Å². The Balaban J connectivity index is 1.57. The van der Waals surface area contributed by atoms with E-state index in [0.29, 0.717) is 36.9 Å². The number of hydrogen-bond donors (Lipinski definition) is 0. The number of carbonyl (C=O) groups is 1. The SMILES string of the molecule is Cc1ccc(S(=O)(=O)N(CC(=O)N2CCN(c3cc(Cl)ccc3C)CC2)c2cc(C)cc(C)c2)cc1. The standard InChI is InChI=1S/C28H32ClN3O3S/c1-20-5-9-26(10-6-20)36(34,35)32(25-16-21(2)15-22(3)17-25)19-28(33)31-13-11-30(12-14-31)27-18-24(29)8-7-23(27)4/h5-10,15-18H,11-14,19H2,1-4H3. The molecule has 4 rings (SSSR count). The van der Waals surface area contributed by atoms with E-state index in [9.17, 15) is 13.2 Å². The average molecular weight is 526 g/mol. The molecule has 190 valence electrons. The zero-order valence-electron chi connectivity index (χ0n) is 21.2. The van der Waals surface area contributed by atoms with E-state index in [1.807, 2.05) is 64.1 Å². The van der Waals surface area contributed by atoms with E-state index in [1.165, 1.54) is 4.31 Å². The van der Waals surface area contributed by atoms with Crippen molar-refractivity contribution in [1.82, 2.24) is 4.90 Å². The number of amides is 1. The molecular formula is C28H32ClN3O3S. The third-order valence-electron chi connectivity index (χ3n) is 6.53. The maximum absolute atomic E-state index is 13.7. The maximum Gasteiger partial charge on any atom is 0.264 e. The van der Waals surface area contributed by atoms with Crippen molar-refractivity contribution in [3.63, 3.8) is 0 Å². The minimum absolute atomic E-state index is 0.168. The Hall–Kier alpha value is -3.03. The van der Waals surface area contributed by atoms with Crippen LogP contribution in [0.5, 0.6) is 0 Å². The van der Waals surface area contributed by atoms with Crippen LogP contribution < -0.4 is 9.21 Å². The Morgan fingerprint density at radius 3 is 2.06 bits per heavy atom. The van der Waals surface area contributed by atoms with Crippen LogP contribution >= 0.6 is 11.6 Å². The fourth-order valence-corrected chi connectivity index (χ4v) is 6.15. The number of hydrogen-bond acceptors (Lipinski definition) is 4. The van der Waals surface area contributed by atoms with Gasteiger partial charge in [-0.2, -0.15) is 0 Å². The van der Waals surface area contributed by atoms with Crippen LogP contribution in [0.15, 0.2) is 65.6 Å². The quantitative estimate of drug-likeness (QED) is 0.448. The van der Waals surface area contributed by atoms with Gasteiger partial charge in [0.15, 0.2) is 0 Å². The first-order chi connectivity index (χ1) is 17.0. The minimum atomic E-state index is -3.94. The highest BCUT2D eigenvalue weighted by molar-refractivity contribution is 7.92. The Kier molecular flexibility index (Phi) is 7.62. The van der Waals surface area contributed by atoms with Crippen LogP contribution in [0.4, 0.5) is 11.4 Å². The summed E-state index contributed by atoms with van der Waals surface area (Å²) in [5.74, 6) is -0.215. The number of carbonyl (C=O) groups excluding carboxylic acids is 1. The minimum Gasteiger partial charge on any atom is -0.368 e. The zero-order valence-corrected chi connectivity index (χ0v) is 22.7. The molecule has 8 heteroatoms. The van der Waals surface area contributed by atoms with E-state index in [2.05, 4.69) is 4.90 Å². The molecular weight excluding hydrogens is 494 g/mol. The van der Waals surface area contributed by atoms with Crippen molar-refractivity contribution in [2.75, 3.05) is 41.9 Å². The molecule has 1 amide bonds. The van der Waals surface area contributed by atoms with E-state index in [0.717, 1.165) is 27.9 Å². The molecule has 0 bridgehead atoms. The maximum atomic E-state index is 13.7. The number of nitrogens with zero attached hydrogens (tertiary/aromatic N) is 3. The van der Waals surface area contributed by atoms with Crippen molar-refractivity contribution in [2.24, 2.45) is 0 Å².